The highest BCUT2D eigenvalue weighted by Crippen LogP contribution is 2.35. The van der Waals surface area contributed by atoms with E-state index in [9.17, 15) is 14.4 Å². The number of halogens is 1. The summed E-state index contributed by atoms with van der Waals surface area (Å²) in [4.78, 5) is 44.6. The number of furan rings is 1. The summed E-state index contributed by atoms with van der Waals surface area (Å²) in [6.45, 7) is 1.90. The van der Waals surface area contributed by atoms with Crippen molar-refractivity contribution in [1.82, 2.24) is 4.57 Å². The van der Waals surface area contributed by atoms with E-state index in [1.165, 1.54) is 23.0 Å². The Labute approximate surface area is 260 Å². The average molecular weight is 625 g/mol. The summed E-state index contributed by atoms with van der Waals surface area (Å²) in [7, 11) is 1.33. The molecule has 220 valence electrons. The van der Waals surface area contributed by atoms with Crippen molar-refractivity contribution in [1.29, 1.82) is 0 Å². The quantitative estimate of drug-likeness (QED) is 0.218. The molecule has 0 fully saturated rings. The van der Waals surface area contributed by atoms with Crippen LogP contribution < -0.4 is 14.9 Å². The third-order valence-electron chi connectivity index (χ3n) is 7.05. The van der Waals surface area contributed by atoms with Gasteiger partial charge in [0.1, 0.15) is 11.5 Å². The number of hydrogen-bond acceptors (Lipinski definition) is 8. The Morgan fingerprint density at radius 2 is 1.68 bits per heavy atom. The normalized spacial score (nSPS) is 14.6. The lowest BCUT2D eigenvalue weighted by atomic mass is 9.93. The molecule has 0 radical (unpaired) electrons. The van der Waals surface area contributed by atoms with Crippen molar-refractivity contribution in [3.63, 3.8) is 0 Å². The fraction of sp³-hybridized carbons (Fsp3) is 0.118. The molecule has 6 rings (SSSR count). The van der Waals surface area contributed by atoms with E-state index < -0.39 is 18.0 Å². The number of methoxy groups -OCH3 is 1. The topological polar surface area (TPSA) is 100 Å². The van der Waals surface area contributed by atoms with Crippen LogP contribution in [0.3, 0.4) is 0 Å². The first-order valence-corrected chi connectivity index (χ1v) is 14.9. The Hall–Kier alpha value is -4.99. The molecule has 3 heterocycles. The van der Waals surface area contributed by atoms with Gasteiger partial charge in [-0.15, -0.1) is 0 Å². The molecule has 3 aromatic carbocycles. The van der Waals surface area contributed by atoms with Gasteiger partial charge in [-0.3, -0.25) is 9.36 Å². The Morgan fingerprint density at radius 1 is 0.955 bits per heavy atom. The third kappa shape index (κ3) is 5.55. The van der Waals surface area contributed by atoms with Gasteiger partial charge >= 0.3 is 11.9 Å². The molecule has 0 amide bonds. The Kier molecular flexibility index (Phi) is 8.15. The fourth-order valence-corrected chi connectivity index (χ4v) is 6.11. The number of hydrogen-bond donors (Lipinski definition) is 0. The summed E-state index contributed by atoms with van der Waals surface area (Å²) >= 11 is 7.40. The summed E-state index contributed by atoms with van der Waals surface area (Å²) in [6.07, 6.45) is 1.66. The molecular weight excluding hydrogens is 600 g/mol. The van der Waals surface area contributed by atoms with Crippen LogP contribution in [0, 0.1) is 0 Å². The van der Waals surface area contributed by atoms with Gasteiger partial charge in [0.25, 0.3) is 5.56 Å². The minimum absolute atomic E-state index is 0.161. The maximum Gasteiger partial charge on any atom is 0.338 e. The number of carbonyl (C=O) groups is 2. The summed E-state index contributed by atoms with van der Waals surface area (Å²) < 4.78 is 18.2. The number of rotatable bonds is 7. The first-order valence-electron chi connectivity index (χ1n) is 13.7. The molecule has 44 heavy (non-hydrogen) atoms. The van der Waals surface area contributed by atoms with Crippen molar-refractivity contribution >= 4 is 46.6 Å². The van der Waals surface area contributed by atoms with E-state index in [-0.39, 0.29) is 17.7 Å². The van der Waals surface area contributed by atoms with E-state index in [0.29, 0.717) is 42.7 Å². The summed E-state index contributed by atoms with van der Waals surface area (Å²) in [5.41, 5.74) is 2.96. The summed E-state index contributed by atoms with van der Waals surface area (Å²) in [5, 5.41) is 0.527. The van der Waals surface area contributed by atoms with Gasteiger partial charge in [0.15, 0.2) is 4.80 Å². The molecule has 0 N–H and O–H groups in total. The molecule has 0 aliphatic carbocycles. The number of benzene rings is 3. The van der Waals surface area contributed by atoms with Gasteiger partial charge in [-0.05, 0) is 48.9 Å². The number of ether oxygens (including phenoxy) is 2. The minimum atomic E-state index is -0.805. The van der Waals surface area contributed by atoms with E-state index in [1.54, 1.807) is 73.7 Å². The number of carbonyl (C=O) groups excluding carboxylic acids is 2. The highest BCUT2D eigenvalue weighted by molar-refractivity contribution is 7.07. The molecule has 1 unspecified atom stereocenters. The van der Waals surface area contributed by atoms with Crippen LogP contribution in [-0.2, 0) is 14.3 Å². The number of thiazole rings is 1. The second kappa shape index (κ2) is 12.3. The first kappa shape index (κ1) is 29.1. The lowest BCUT2D eigenvalue weighted by molar-refractivity contribution is -0.138. The van der Waals surface area contributed by atoms with Gasteiger partial charge in [0.2, 0.25) is 0 Å². The zero-order valence-electron chi connectivity index (χ0n) is 23.7. The highest BCUT2D eigenvalue weighted by Gasteiger charge is 2.35. The van der Waals surface area contributed by atoms with Crippen LogP contribution in [0.5, 0.6) is 0 Å². The van der Waals surface area contributed by atoms with E-state index in [0.717, 1.165) is 11.1 Å². The summed E-state index contributed by atoms with van der Waals surface area (Å²) in [6, 6.07) is 26.0. The van der Waals surface area contributed by atoms with Crippen LogP contribution in [0.25, 0.3) is 23.1 Å². The van der Waals surface area contributed by atoms with Crippen molar-refractivity contribution in [2.45, 2.75) is 13.0 Å². The van der Waals surface area contributed by atoms with Gasteiger partial charge in [0.05, 0.1) is 41.1 Å². The zero-order valence-corrected chi connectivity index (χ0v) is 25.2. The molecule has 10 heteroatoms. The molecule has 0 saturated heterocycles. The second-order valence-electron chi connectivity index (χ2n) is 9.75. The lowest BCUT2D eigenvalue weighted by Crippen LogP contribution is -2.39. The zero-order chi connectivity index (χ0) is 30.8. The molecule has 1 aliphatic rings. The maximum absolute atomic E-state index is 14.0. The SMILES string of the molecule is CCOC(=O)C1=C(c2ccccc2)N=c2s/c(=C\c3ccc(-c4ccc(C(=O)OC)cc4)o3)c(=O)n2C1c1ccc(Cl)cc1. The second-order valence-corrected chi connectivity index (χ2v) is 11.2. The Morgan fingerprint density at radius 3 is 2.36 bits per heavy atom. The predicted molar refractivity (Wildman–Crippen MR) is 168 cm³/mol. The van der Waals surface area contributed by atoms with Crippen LogP contribution in [-0.4, -0.2) is 30.2 Å². The van der Waals surface area contributed by atoms with E-state index in [4.69, 9.17) is 30.5 Å². The Balaban J connectivity index is 1.50. The number of aromatic nitrogens is 1. The lowest BCUT2D eigenvalue weighted by Gasteiger charge is -2.25. The molecule has 0 bridgehead atoms. The van der Waals surface area contributed by atoms with Crippen molar-refractivity contribution in [3.8, 4) is 11.3 Å². The monoisotopic (exact) mass is 624 g/mol. The molecule has 0 saturated carbocycles. The third-order valence-corrected chi connectivity index (χ3v) is 8.28. The van der Waals surface area contributed by atoms with Gasteiger partial charge in [0, 0.05) is 22.2 Å². The Bertz CT molecular complexity index is 2070. The number of fused-ring (bicyclic) bond motifs is 1. The maximum atomic E-state index is 14.0. The molecule has 2 aromatic heterocycles. The van der Waals surface area contributed by atoms with E-state index >= 15 is 0 Å². The van der Waals surface area contributed by atoms with Crippen molar-refractivity contribution in [2.24, 2.45) is 4.99 Å². The van der Waals surface area contributed by atoms with Crippen LogP contribution in [0.2, 0.25) is 5.02 Å². The smallest absolute Gasteiger partial charge is 0.338 e. The predicted octanol–water partition coefficient (Wildman–Crippen LogP) is 5.64. The van der Waals surface area contributed by atoms with Gasteiger partial charge < -0.3 is 13.9 Å². The molecule has 8 nitrogen and oxygen atoms in total. The molecular formula is C34H25ClN2O6S. The fourth-order valence-electron chi connectivity index (χ4n) is 5.00. The molecule has 1 atom stereocenters. The largest absolute Gasteiger partial charge is 0.465 e. The summed E-state index contributed by atoms with van der Waals surface area (Å²) in [5.74, 6) is 0.0393. The first-order chi connectivity index (χ1) is 21.4. The van der Waals surface area contributed by atoms with Gasteiger partial charge in [-0.1, -0.05) is 77.5 Å². The average Bonchev–Trinajstić information content (AvgIpc) is 3.65. The van der Waals surface area contributed by atoms with Crippen molar-refractivity contribution in [2.75, 3.05) is 13.7 Å². The highest BCUT2D eigenvalue weighted by atomic mass is 35.5. The van der Waals surface area contributed by atoms with E-state index in [2.05, 4.69) is 0 Å². The van der Waals surface area contributed by atoms with E-state index in [1.807, 2.05) is 30.3 Å². The standard InChI is InChI=1S/C34H25ClN2O6S/c1-3-42-33(40)28-29(21-7-5-4-6-8-21)36-34-37(30(28)22-13-15-24(35)16-14-22)31(38)27(44-34)19-25-17-18-26(43-25)20-9-11-23(12-10-20)32(39)41-2/h4-19,30H,3H2,1-2H3/b27-19-. The molecule has 0 spiro atoms. The van der Waals surface area contributed by atoms with Gasteiger partial charge in [-0.25, -0.2) is 14.6 Å². The number of nitrogens with zero attached hydrogens (tertiary/aromatic N) is 2. The van der Waals surface area contributed by atoms with Crippen LogP contribution in [0.4, 0.5) is 0 Å². The van der Waals surface area contributed by atoms with Gasteiger partial charge in [-0.2, -0.15) is 0 Å². The molecule has 5 aromatic rings. The number of esters is 2. The van der Waals surface area contributed by atoms with Crippen LogP contribution in [0.1, 0.15) is 40.2 Å². The van der Waals surface area contributed by atoms with Crippen molar-refractivity contribution in [3.05, 3.63) is 144 Å². The van der Waals surface area contributed by atoms with Crippen LogP contribution in [0.15, 0.2) is 111 Å². The minimum Gasteiger partial charge on any atom is -0.465 e. The van der Waals surface area contributed by atoms with Crippen molar-refractivity contribution < 1.29 is 23.5 Å². The van der Waals surface area contributed by atoms with Crippen LogP contribution >= 0.6 is 22.9 Å². The molecule has 1 aliphatic heterocycles.